The van der Waals surface area contributed by atoms with Crippen LogP contribution in [0.5, 0.6) is 0 Å². The largest absolute Gasteiger partial charge is 0.476 e. The van der Waals surface area contributed by atoms with Gasteiger partial charge in [0.25, 0.3) is 10.0 Å². The summed E-state index contributed by atoms with van der Waals surface area (Å²) in [5.41, 5.74) is -0.258. The van der Waals surface area contributed by atoms with Gasteiger partial charge < -0.3 is 5.11 Å². The number of hydrogen-bond acceptors (Lipinski definition) is 5. The molecule has 1 heterocycles. The molecular formula is C6H8N2O4S2. The van der Waals surface area contributed by atoms with Crippen molar-refractivity contribution in [1.82, 2.24) is 9.71 Å². The number of nitrogens with zero attached hydrogens (tertiary/aromatic N) is 1. The molecule has 1 rings (SSSR count). The van der Waals surface area contributed by atoms with Gasteiger partial charge in [0.1, 0.15) is 0 Å². The van der Waals surface area contributed by atoms with Gasteiger partial charge >= 0.3 is 5.97 Å². The molecule has 1 aromatic rings. The molecule has 0 radical (unpaired) electrons. The summed E-state index contributed by atoms with van der Waals surface area (Å²) in [6.07, 6.45) is 0. The smallest absolute Gasteiger partial charge is 0.355 e. The van der Waals surface area contributed by atoms with Crippen LogP contribution in [0, 0.1) is 0 Å². The molecule has 0 atom stereocenters. The van der Waals surface area contributed by atoms with E-state index in [1.807, 2.05) is 0 Å². The maximum Gasteiger partial charge on any atom is 0.355 e. The van der Waals surface area contributed by atoms with Gasteiger partial charge in [-0.25, -0.2) is 22.9 Å². The van der Waals surface area contributed by atoms with Crippen LogP contribution in [0.3, 0.4) is 0 Å². The van der Waals surface area contributed by atoms with Crippen molar-refractivity contribution in [3.8, 4) is 0 Å². The molecule has 0 spiro atoms. The van der Waals surface area contributed by atoms with Crippen molar-refractivity contribution < 1.29 is 18.3 Å². The van der Waals surface area contributed by atoms with E-state index in [1.54, 1.807) is 6.92 Å². The zero-order valence-corrected chi connectivity index (χ0v) is 8.85. The first-order valence-corrected chi connectivity index (χ1v) is 6.02. The van der Waals surface area contributed by atoms with Gasteiger partial charge in [-0.15, -0.1) is 11.3 Å². The molecule has 8 heteroatoms. The molecule has 1 aromatic heterocycles. The van der Waals surface area contributed by atoms with Crippen molar-refractivity contribution in [2.24, 2.45) is 0 Å². The van der Waals surface area contributed by atoms with Crippen LogP contribution < -0.4 is 4.72 Å². The topological polar surface area (TPSA) is 96.4 Å². The van der Waals surface area contributed by atoms with Crippen molar-refractivity contribution in [3.63, 3.8) is 0 Å². The first kappa shape index (κ1) is 11.1. The Kier molecular flexibility index (Phi) is 3.19. The number of carboxylic acids is 1. The minimum Gasteiger partial charge on any atom is -0.476 e. The van der Waals surface area contributed by atoms with Crippen LogP contribution in [-0.4, -0.2) is 31.0 Å². The van der Waals surface area contributed by atoms with Gasteiger partial charge in [0.05, 0.1) is 0 Å². The molecule has 2 N–H and O–H groups in total. The summed E-state index contributed by atoms with van der Waals surface area (Å²) in [6.45, 7) is 1.87. The molecule has 0 bridgehead atoms. The Morgan fingerprint density at radius 2 is 2.36 bits per heavy atom. The minimum atomic E-state index is -3.63. The van der Waals surface area contributed by atoms with E-state index in [1.165, 1.54) is 5.38 Å². The third kappa shape index (κ3) is 2.28. The van der Waals surface area contributed by atoms with Crippen molar-refractivity contribution >= 4 is 27.3 Å². The zero-order chi connectivity index (χ0) is 10.8. The molecule has 78 valence electrons. The van der Waals surface area contributed by atoms with Gasteiger partial charge in [-0.1, -0.05) is 6.92 Å². The number of sulfonamides is 1. The van der Waals surface area contributed by atoms with E-state index in [0.717, 1.165) is 11.3 Å². The predicted molar refractivity (Wildman–Crippen MR) is 49.9 cm³/mol. The highest BCUT2D eigenvalue weighted by Crippen LogP contribution is 2.15. The Morgan fingerprint density at radius 3 is 2.79 bits per heavy atom. The van der Waals surface area contributed by atoms with Gasteiger partial charge in [-0.05, 0) is 0 Å². The highest BCUT2D eigenvalue weighted by Gasteiger charge is 2.19. The van der Waals surface area contributed by atoms with E-state index >= 15 is 0 Å². The predicted octanol–water partition coefficient (Wildman–Crippen LogP) is 0.139. The fraction of sp³-hybridized carbons (Fsp3) is 0.333. The van der Waals surface area contributed by atoms with E-state index in [4.69, 9.17) is 5.11 Å². The number of rotatable bonds is 4. The first-order valence-electron chi connectivity index (χ1n) is 3.66. The van der Waals surface area contributed by atoms with Crippen LogP contribution in [0.15, 0.2) is 9.72 Å². The highest BCUT2D eigenvalue weighted by atomic mass is 32.2. The van der Waals surface area contributed by atoms with Crippen molar-refractivity contribution in [1.29, 1.82) is 0 Å². The van der Waals surface area contributed by atoms with Crippen LogP contribution in [0.25, 0.3) is 0 Å². The molecule has 14 heavy (non-hydrogen) atoms. The number of carboxylic acid groups (broad SMARTS) is 1. The van der Waals surface area contributed by atoms with Crippen LogP contribution in [0.4, 0.5) is 0 Å². The van der Waals surface area contributed by atoms with Crippen molar-refractivity contribution in [2.75, 3.05) is 6.54 Å². The van der Waals surface area contributed by atoms with Gasteiger partial charge in [-0.3, -0.25) is 0 Å². The van der Waals surface area contributed by atoms with Crippen LogP contribution in [0.1, 0.15) is 17.4 Å². The second-order valence-electron chi connectivity index (χ2n) is 2.31. The molecule has 0 aliphatic heterocycles. The first-order chi connectivity index (χ1) is 6.47. The van der Waals surface area contributed by atoms with Gasteiger partial charge in [0.2, 0.25) is 4.34 Å². The molecular weight excluding hydrogens is 228 g/mol. The van der Waals surface area contributed by atoms with Crippen LogP contribution >= 0.6 is 11.3 Å². The molecule has 0 unspecified atom stereocenters. The number of aromatic nitrogens is 1. The summed E-state index contributed by atoms with van der Waals surface area (Å²) in [6, 6.07) is 0. The summed E-state index contributed by atoms with van der Waals surface area (Å²) < 4.78 is 24.6. The lowest BCUT2D eigenvalue weighted by molar-refractivity contribution is 0.0691. The quantitative estimate of drug-likeness (QED) is 0.775. The second kappa shape index (κ2) is 4.03. The Hall–Kier alpha value is -0.990. The number of hydrogen-bond donors (Lipinski definition) is 2. The normalized spacial score (nSPS) is 11.5. The van der Waals surface area contributed by atoms with Gasteiger partial charge in [0.15, 0.2) is 5.69 Å². The summed E-state index contributed by atoms with van der Waals surface area (Å²) in [4.78, 5) is 13.9. The molecule has 0 aliphatic carbocycles. The molecule has 6 nitrogen and oxygen atoms in total. The van der Waals surface area contributed by atoms with E-state index in [9.17, 15) is 13.2 Å². The lowest BCUT2D eigenvalue weighted by Crippen LogP contribution is -2.23. The highest BCUT2D eigenvalue weighted by molar-refractivity contribution is 7.91. The SMILES string of the molecule is CCNS(=O)(=O)c1nc(C(=O)O)cs1. The standard InChI is InChI=1S/C6H8N2O4S2/c1-2-7-14(11,12)6-8-4(3-13-6)5(9)10/h3,7H,2H2,1H3,(H,9,10). The Morgan fingerprint density at radius 1 is 1.71 bits per heavy atom. The second-order valence-corrected chi connectivity index (χ2v) is 5.10. The van der Waals surface area contributed by atoms with E-state index < -0.39 is 16.0 Å². The third-order valence-electron chi connectivity index (χ3n) is 1.27. The molecule has 0 aliphatic rings. The maximum atomic E-state index is 11.3. The number of carbonyl (C=O) groups is 1. The lowest BCUT2D eigenvalue weighted by atomic mass is 10.5. The Labute approximate surface area is 84.7 Å². The molecule has 0 fully saturated rings. The number of aromatic carboxylic acids is 1. The van der Waals surface area contributed by atoms with Crippen molar-refractivity contribution in [2.45, 2.75) is 11.3 Å². The molecule has 0 aromatic carbocycles. The Balaban J connectivity index is 3.03. The maximum absolute atomic E-state index is 11.3. The van der Waals surface area contributed by atoms with Gasteiger partial charge in [-0.2, -0.15) is 0 Å². The van der Waals surface area contributed by atoms with E-state index in [0.29, 0.717) is 0 Å². The van der Waals surface area contributed by atoms with Gasteiger partial charge in [0, 0.05) is 11.9 Å². The minimum absolute atomic E-state index is 0.225. The fourth-order valence-electron chi connectivity index (χ4n) is 0.731. The van der Waals surface area contributed by atoms with Crippen molar-refractivity contribution in [3.05, 3.63) is 11.1 Å². The van der Waals surface area contributed by atoms with Crippen LogP contribution in [0.2, 0.25) is 0 Å². The van der Waals surface area contributed by atoms with E-state index in [2.05, 4.69) is 9.71 Å². The van der Waals surface area contributed by atoms with Crippen LogP contribution in [-0.2, 0) is 10.0 Å². The average Bonchev–Trinajstić information content (AvgIpc) is 2.51. The fourth-order valence-corrected chi connectivity index (χ4v) is 2.80. The number of thiazole rings is 1. The molecule has 0 saturated heterocycles. The molecule has 0 amide bonds. The zero-order valence-electron chi connectivity index (χ0n) is 7.22. The van der Waals surface area contributed by atoms with E-state index in [-0.39, 0.29) is 16.6 Å². The monoisotopic (exact) mass is 236 g/mol. The summed E-state index contributed by atoms with van der Waals surface area (Å²) in [5, 5.41) is 9.71. The molecule has 0 saturated carbocycles. The lowest BCUT2D eigenvalue weighted by Gasteiger charge is -1.97. The summed E-state index contributed by atoms with van der Waals surface area (Å²) in [7, 11) is -3.63. The third-order valence-corrected chi connectivity index (χ3v) is 4.07. The average molecular weight is 236 g/mol. The summed E-state index contributed by atoms with van der Waals surface area (Å²) in [5.74, 6) is -1.24. The Bertz CT molecular complexity index is 436. The summed E-state index contributed by atoms with van der Waals surface area (Å²) >= 11 is 0.782. The number of nitrogens with one attached hydrogen (secondary N) is 1.